The molecule has 0 aliphatic carbocycles. The van der Waals surface area contributed by atoms with Crippen LogP contribution in [0.3, 0.4) is 0 Å². The summed E-state index contributed by atoms with van der Waals surface area (Å²) in [5, 5.41) is 12.7. The molecule has 0 aliphatic rings. The van der Waals surface area contributed by atoms with E-state index in [9.17, 15) is 5.11 Å². The van der Waals surface area contributed by atoms with Crippen LogP contribution in [0.2, 0.25) is 0 Å². The van der Waals surface area contributed by atoms with Gasteiger partial charge in [-0.15, -0.1) is 24.8 Å². The van der Waals surface area contributed by atoms with E-state index in [-0.39, 0.29) is 30.9 Å². The van der Waals surface area contributed by atoms with Crippen molar-refractivity contribution in [3.8, 4) is 0 Å². The third-order valence-corrected chi connectivity index (χ3v) is 2.07. The van der Waals surface area contributed by atoms with Gasteiger partial charge in [0.1, 0.15) is 0 Å². The minimum absolute atomic E-state index is 0. The van der Waals surface area contributed by atoms with Gasteiger partial charge in [0.05, 0.1) is 6.10 Å². The molecular formula is C10H17Cl2NO. The maximum atomic E-state index is 9.73. The molecule has 1 aromatic carbocycles. The van der Waals surface area contributed by atoms with Crippen LogP contribution < -0.4 is 5.32 Å². The average Bonchev–Trinajstić information content (AvgIpc) is 2.17. The smallest absolute Gasteiger partial charge is 0.0940 e. The second-order valence-corrected chi connectivity index (χ2v) is 2.93. The monoisotopic (exact) mass is 237 g/mol. The Morgan fingerprint density at radius 1 is 1.14 bits per heavy atom. The highest BCUT2D eigenvalue weighted by atomic mass is 35.5. The van der Waals surface area contributed by atoms with E-state index in [1.165, 1.54) is 0 Å². The van der Waals surface area contributed by atoms with Gasteiger partial charge in [0.25, 0.3) is 0 Å². The maximum absolute atomic E-state index is 9.73. The summed E-state index contributed by atoms with van der Waals surface area (Å²) in [6, 6.07) is 9.76. The Morgan fingerprint density at radius 2 is 1.64 bits per heavy atom. The average molecular weight is 238 g/mol. The first-order valence-corrected chi connectivity index (χ1v) is 4.16. The van der Waals surface area contributed by atoms with E-state index in [4.69, 9.17) is 0 Å². The number of hydrogen-bond acceptors (Lipinski definition) is 2. The number of rotatable bonds is 3. The Balaban J connectivity index is 0. The van der Waals surface area contributed by atoms with Crippen molar-refractivity contribution >= 4 is 24.8 Å². The fourth-order valence-electron chi connectivity index (χ4n) is 1.10. The second-order valence-electron chi connectivity index (χ2n) is 2.93. The van der Waals surface area contributed by atoms with Crippen molar-refractivity contribution < 1.29 is 5.11 Å². The second kappa shape index (κ2) is 8.06. The van der Waals surface area contributed by atoms with E-state index >= 15 is 0 Å². The number of hydrogen-bond donors (Lipinski definition) is 2. The Morgan fingerprint density at radius 3 is 2.07 bits per heavy atom. The minimum Gasteiger partial charge on any atom is -0.387 e. The summed E-state index contributed by atoms with van der Waals surface area (Å²) in [6.45, 7) is 1.96. The van der Waals surface area contributed by atoms with Gasteiger partial charge in [0.15, 0.2) is 0 Å². The Bertz CT molecular complexity index is 231. The van der Waals surface area contributed by atoms with Crippen LogP contribution in [0.5, 0.6) is 0 Å². The Labute approximate surface area is 97.5 Å². The third-order valence-electron chi connectivity index (χ3n) is 2.07. The van der Waals surface area contributed by atoms with E-state index < -0.39 is 6.10 Å². The van der Waals surface area contributed by atoms with Crippen molar-refractivity contribution in [2.24, 2.45) is 0 Å². The van der Waals surface area contributed by atoms with Crippen molar-refractivity contribution in [3.63, 3.8) is 0 Å². The molecule has 0 saturated heterocycles. The van der Waals surface area contributed by atoms with Gasteiger partial charge in [0, 0.05) is 6.04 Å². The highest BCUT2D eigenvalue weighted by Crippen LogP contribution is 2.15. The lowest BCUT2D eigenvalue weighted by molar-refractivity contribution is 0.140. The van der Waals surface area contributed by atoms with Gasteiger partial charge < -0.3 is 10.4 Å². The number of nitrogens with one attached hydrogen (secondary N) is 1. The summed E-state index contributed by atoms with van der Waals surface area (Å²) in [5.74, 6) is 0. The molecule has 82 valence electrons. The molecule has 0 saturated carbocycles. The van der Waals surface area contributed by atoms with Gasteiger partial charge in [0.2, 0.25) is 0 Å². The van der Waals surface area contributed by atoms with Crippen LogP contribution in [0.4, 0.5) is 0 Å². The summed E-state index contributed by atoms with van der Waals surface area (Å²) >= 11 is 0. The van der Waals surface area contributed by atoms with Crippen LogP contribution in [0.25, 0.3) is 0 Å². The highest BCUT2D eigenvalue weighted by Gasteiger charge is 2.12. The van der Waals surface area contributed by atoms with Gasteiger partial charge >= 0.3 is 0 Å². The molecule has 0 spiro atoms. The topological polar surface area (TPSA) is 32.3 Å². The fraction of sp³-hybridized carbons (Fsp3) is 0.400. The first-order chi connectivity index (χ1) is 5.75. The summed E-state index contributed by atoms with van der Waals surface area (Å²) in [6.07, 6.45) is -0.420. The van der Waals surface area contributed by atoms with Gasteiger partial charge in [-0.1, -0.05) is 30.3 Å². The van der Waals surface area contributed by atoms with Crippen LogP contribution >= 0.6 is 24.8 Å². The normalized spacial score (nSPS) is 13.4. The lowest BCUT2D eigenvalue weighted by atomic mass is 10.0. The summed E-state index contributed by atoms with van der Waals surface area (Å²) in [4.78, 5) is 0. The molecule has 14 heavy (non-hydrogen) atoms. The van der Waals surface area contributed by atoms with E-state index in [0.717, 1.165) is 5.56 Å². The zero-order valence-electron chi connectivity index (χ0n) is 8.31. The van der Waals surface area contributed by atoms with Gasteiger partial charge in [-0.05, 0) is 19.5 Å². The third kappa shape index (κ3) is 4.29. The zero-order chi connectivity index (χ0) is 8.97. The minimum atomic E-state index is -0.420. The van der Waals surface area contributed by atoms with Crippen LogP contribution in [0, 0.1) is 0 Å². The molecule has 4 heteroatoms. The molecule has 2 nitrogen and oxygen atoms in total. The lowest BCUT2D eigenvalue weighted by Crippen LogP contribution is -2.28. The summed E-state index contributed by atoms with van der Waals surface area (Å²) in [5.41, 5.74) is 0.958. The molecule has 0 bridgehead atoms. The SMILES string of the molecule is CN[C@@H](C)[C@H](O)c1ccccc1.Cl.Cl. The fourth-order valence-corrected chi connectivity index (χ4v) is 1.10. The molecule has 2 N–H and O–H groups in total. The van der Waals surface area contributed by atoms with Crippen LogP contribution in [0.1, 0.15) is 18.6 Å². The molecule has 0 radical (unpaired) electrons. The molecule has 0 unspecified atom stereocenters. The Hall–Kier alpha value is -0.280. The first kappa shape index (κ1) is 16.2. The van der Waals surface area contributed by atoms with E-state index in [0.29, 0.717) is 0 Å². The summed E-state index contributed by atoms with van der Waals surface area (Å²) in [7, 11) is 1.84. The predicted octanol–water partition coefficient (Wildman–Crippen LogP) is 2.17. The molecule has 0 fully saturated rings. The van der Waals surface area contributed by atoms with Gasteiger partial charge in [-0.2, -0.15) is 0 Å². The molecule has 2 atom stereocenters. The Kier molecular flexibility index (Phi) is 9.31. The van der Waals surface area contributed by atoms with Crippen molar-refractivity contribution in [3.05, 3.63) is 35.9 Å². The van der Waals surface area contributed by atoms with Crippen LogP contribution in [-0.2, 0) is 0 Å². The van der Waals surface area contributed by atoms with Crippen molar-refractivity contribution in [1.29, 1.82) is 0 Å². The number of halogens is 2. The highest BCUT2D eigenvalue weighted by molar-refractivity contribution is 5.85. The maximum Gasteiger partial charge on any atom is 0.0940 e. The molecule has 1 aromatic rings. The number of likely N-dealkylation sites (N-methyl/N-ethyl adjacent to an activating group) is 1. The van der Waals surface area contributed by atoms with Crippen molar-refractivity contribution in [2.45, 2.75) is 19.1 Å². The number of aliphatic hydroxyl groups excluding tert-OH is 1. The zero-order valence-corrected chi connectivity index (χ0v) is 9.94. The first-order valence-electron chi connectivity index (χ1n) is 4.16. The van der Waals surface area contributed by atoms with E-state index in [1.54, 1.807) is 0 Å². The van der Waals surface area contributed by atoms with Crippen molar-refractivity contribution in [2.75, 3.05) is 7.05 Å². The van der Waals surface area contributed by atoms with Crippen molar-refractivity contribution in [1.82, 2.24) is 5.32 Å². The predicted molar refractivity (Wildman–Crippen MR) is 64.4 cm³/mol. The van der Waals surface area contributed by atoms with Gasteiger partial charge in [-0.3, -0.25) is 0 Å². The standard InChI is InChI=1S/C10H15NO.2ClH/c1-8(11-2)10(12)9-6-4-3-5-7-9;;/h3-8,10-12H,1-2H3;2*1H/t8-,10-;;/m0../s1. The van der Waals surface area contributed by atoms with Gasteiger partial charge in [-0.25, -0.2) is 0 Å². The number of benzene rings is 1. The van der Waals surface area contributed by atoms with Crippen LogP contribution in [-0.4, -0.2) is 18.2 Å². The molecule has 1 rings (SSSR count). The van der Waals surface area contributed by atoms with E-state index in [2.05, 4.69) is 5.32 Å². The lowest BCUT2D eigenvalue weighted by Gasteiger charge is -2.17. The number of aliphatic hydroxyl groups is 1. The summed E-state index contributed by atoms with van der Waals surface area (Å²) < 4.78 is 0. The molecule has 0 aliphatic heterocycles. The van der Waals surface area contributed by atoms with Crippen LogP contribution in [0.15, 0.2) is 30.3 Å². The molecule has 0 amide bonds. The largest absolute Gasteiger partial charge is 0.387 e. The van der Waals surface area contributed by atoms with E-state index in [1.807, 2.05) is 44.3 Å². The quantitative estimate of drug-likeness (QED) is 0.845. The molecular weight excluding hydrogens is 221 g/mol. The molecule has 0 aromatic heterocycles. The molecule has 0 heterocycles.